The largest absolute Gasteiger partial charge is 0.497 e. The number of aromatic nitrogens is 3. The molecule has 180 valence electrons. The first-order chi connectivity index (χ1) is 16.9. The molecule has 0 radical (unpaired) electrons. The number of nitrogens with one attached hydrogen (secondary N) is 2. The zero-order valence-electron chi connectivity index (χ0n) is 20.3. The standard InChI is InChI=1S/C27H29N5O2S/c1-18-11-13-23(14-12-18)32-25(20(3)28-26(33)29-22-9-5-7-19(2)15-22)30-31-27(32)35-17-21-8-6-10-24(16-21)34-4/h5-16,20H,17H2,1-4H3,(H2,28,29,33). The second kappa shape index (κ2) is 11.1. The lowest BCUT2D eigenvalue weighted by molar-refractivity contribution is 0.249. The van der Waals surface area contributed by atoms with E-state index in [1.165, 1.54) is 0 Å². The molecule has 0 saturated carbocycles. The van der Waals surface area contributed by atoms with Crippen molar-refractivity contribution in [2.75, 3.05) is 12.4 Å². The van der Waals surface area contributed by atoms with Gasteiger partial charge in [0.25, 0.3) is 0 Å². The fourth-order valence-electron chi connectivity index (χ4n) is 3.65. The van der Waals surface area contributed by atoms with Gasteiger partial charge >= 0.3 is 6.03 Å². The number of ether oxygens (including phenoxy) is 1. The van der Waals surface area contributed by atoms with E-state index < -0.39 is 0 Å². The molecule has 0 saturated heterocycles. The van der Waals surface area contributed by atoms with Gasteiger partial charge in [-0.05, 0) is 68.3 Å². The molecule has 8 heteroatoms. The minimum atomic E-state index is -0.375. The lowest BCUT2D eigenvalue weighted by Gasteiger charge is -2.17. The van der Waals surface area contributed by atoms with Gasteiger partial charge < -0.3 is 15.4 Å². The van der Waals surface area contributed by atoms with Gasteiger partial charge in [0, 0.05) is 17.1 Å². The van der Waals surface area contributed by atoms with E-state index in [1.807, 2.05) is 73.0 Å². The Labute approximate surface area is 209 Å². The van der Waals surface area contributed by atoms with Crippen molar-refractivity contribution in [1.82, 2.24) is 20.1 Å². The highest BCUT2D eigenvalue weighted by Crippen LogP contribution is 2.28. The highest BCUT2D eigenvalue weighted by atomic mass is 32.2. The van der Waals surface area contributed by atoms with E-state index in [4.69, 9.17) is 4.74 Å². The summed E-state index contributed by atoms with van der Waals surface area (Å²) < 4.78 is 7.35. The van der Waals surface area contributed by atoms with Gasteiger partial charge in [-0.3, -0.25) is 4.57 Å². The first kappa shape index (κ1) is 24.3. The van der Waals surface area contributed by atoms with Gasteiger partial charge in [0.15, 0.2) is 11.0 Å². The van der Waals surface area contributed by atoms with E-state index in [0.717, 1.165) is 39.0 Å². The van der Waals surface area contributed by atoms with Gasteiger partial charge in [0.2, 0.25) is 0 Å². The second-order valence-corrected chi connectivity index (χ2v) is 9.28. The molecule has 35 heavy (non-hydrogen) atoms. The van der Waals surface area contributed by atoms with Crippen LogP contribution in [0, 0.1) is 13.8 Å². The molecule has 3 aromatic carbocycles. The van der Waals surface area contributed by atoms with Crippen molar-refractivity contribution in [1.29, 1.82) is 0 Å². The van der Waals surface area contributed by atoms with Crippen LogP contribution in [0.25, 0.3) is 5.69 Å². The number of nitrogens with zero attached hydrogens (tertiary/aromatic N) is 3. The SMILES string of the molecule is COc1cccc(CSc2nnc(C(C)NC(=O)Nc3cccc(C)c3)n2-c2ccc(C)cc2)c1. The Morgan fingerprint density at radius 2 is 1.77 bits per heavy atom. The minimum Gasteiger partial charge on any atom is -0.497 e. The summed E-state index contributed by atoms with van der Waals surface area (Å²) in [7, 11) is 1.66. The molecule has 0 fully saturated rings. The van der Waals surface area contributed by atoms with E-state index >= 15 is 0 Å². The summed E-state index contributed by atoms with van der Waals surface area (Å²) in [6.45, 7) is 5.94. The average molecular weight is 488 g/mol. The fraction of sp³-hybridized carbons (Fsp3) is 0.222. The van der Waals surface area contributed by atoms with E-state index in [-0.39, 0.29) is 12.1 Å². The molecule has 1 atom stereocenters. The Kier molecular flexibility index (Phi) is 7.72. The van der Waals surface area contributed by atoms with Crippen LogP contribution < -0.4 is 15.4 Å². The van der Waals surface area contributed by atoms with Gasteiger partial charge in [0.1, 0.15) is 5.75 Å². The monoisotopic (exact) mass is 487 g/mol. The number of carbonyl (C=O) groups excluding carboxylic acids is 1. The van der Waals surface area contributed by atoms with Crippen molar-refractivity contribution in [3.05, 3.63) is 95.3 Å². The fourth-order valence-corrected chi connectivity index (χ4v) is 4.55. The molecule has 2 N–H and O–H groups in total. The van der Waals surface area contributed by atoms with E-state index in [9.17, 15) is 4.79 Å². The number of hydrogen-bond donors (Lipinski definition) is 2. The van der Waals surface area contributed by atoms with Crippen LogP contribution >= 0.6 is 11.8 Å². The predicted octanol–water partition coefficient (Wildman–Crippen LogP) is 6.07. The van der Waals surface area contributed by atoms with Crippen LogP contribution in [0.1, 0.15) is 35.5 Å². The van der Waals surface area contributed by atoms with Crippen LogP contribution in [0.2, 0.25) is 0 Å². The summed E-state index contributed by atoms with van der Waals surface area (Å²) in [4.78, 5) is 12.7. The highest BCUT2D eigenvalue weighted by molar-refractivity contribution is 7.98. The minimum absolute atomic E-state index is 0.299. The molecule has 4 rings (SSSR count). The number of amides is 2. The van der Waals surface area contributed by atoms with Crippen LogP contribution in [0.4, 0.5) is 10.5 Å². The van der Waals surface area contributed by atoms with E-state index in [2.05, 4.69) is 46.0 Å². The van der Waals surface area contributed by atoms with Crippen molar-refractivity contribution in [3.8, 4) is 11.4 Å². The number of rotatable bonds is 8. The zero-order chi connectivity index (χ0) is 24.8. The number of benzene rings is 3. The molecule has 7 nitrogen and oxygen atoms in total. The third-order valence-electron chi connectivity index (χ3n) is 5.46. The molecule has 0 aliphatic carbocycles. The first-order valence-electron chi connectivity index (χ1n) is 11.3. The summed E-state index contributed by atoms with van der Waals surface area (Å²) in [5, 5.41) is 15.6. The number of urea groups is 1. The maximum Gasteiger partial charge on any atom is 0.319 e. The highest BCUT2D eigenvalue weighted by Gasteiger charge is 2.21. The molecule has 1 unspecified atom stereocenters. The van der Waals surface area contributed by atoms with Crippen LogP contribution in [-0.2, 0) is 5.75 Å². The third-order valence-corrected chi connectivity index (χ3v) is 6.46. The second-order valence-electron chi connectivity index (χ2n) is 8.34. The Morgan fingerprint density at radius 1 is 1.00 bits per heavy atom. The van der Waals surface area contributed by atoms with Gasteiger partial charge in [-0.15, -0.1) is 10.2 Å². The van der Waals surface area contributed by atoms with Gasteiger partial charge in [0.05, 0.1) is 13.2 Å². The zero-order valence-corrected chi connectivity index (χ0v) is 21.1. The molecule has 2 amide bonds. The number of carbonyl (C=O) groups is 1. The average Bonchev–Trinajstić information content (AvgIpc) is 3.27. The van der Waals surface area contributed by atoms with Crippen LogP contribution in [-0.4, -0.2) is 27.9 Å². The molecule has 1 heterocycles. The Balaban J connectivity index is 1.56. The Bertz CT molecular complexity index is 1300. The van der Waals surface area contributed by atoms with Crippen LogP contribution in [0.15, 0.2) is 78.0 Å². The normalized spacial score (nSPS) is 11.7. The van der Waals surface area contributed by atoms with E-state index in [1.54, 1.807) is 18.9 Å². The van der Waals surface area contributed by atoms with Crippen molar-refractivity contribution in [3.63, 3.8) is 0 Å². The van der Waals surface area contributed by atoms with Gasteiger partial charge in [-0.1, -0.05) is 53.7 Å². The van der Waals surface area contributed by atoms with E-state index in [0.29, 0.717) is 11.6 Å². The maximum atomic E-state index is 12.7. The topological polar surface area (TPSA) is 81.1 Å². The molecule has 0 aliphatic rings. The first-order valence-corrected chi connectivity index (χ1v) is 12.3. The van der Waals surface area contributed by atoms with Crippen molar-refractivity contribution in [2.45, 2.75) is 37.7 Å². The molecule has 1 aromatic heterocycles. The van der Waals surface area contributed by atoms with Crippen LogP contribution in [0.3, 0.4) is 0 Å². The summed E-state index contributed by atoms with van der Waals surface area (Å²) in [6.07, 6.45) is 0. The molecular formula is C27H29N5O2S. The number of methoxy groups -OCH3 is 1. The molecular weight excluding hydrogens is 458 g/mol. The summed E-state index contributed by atoms with van der Waals surface area (Å²) in [5.74, 6) is 2.18. The van der Waals surface area contributed by atoms with Gasteiger partial charge in [-0.2, -0.15) is 0 Å². The van der Waals surface area contributed by atoms with Crippen molar-refractivity contribution >= 4 is 23.5 Å². The lowest BCUT2D eigenvalue weighted by Crippen LogP contribution is -2.32. The number of hydrogen-bond acceptors (Lipinski definition) is 5. The predicted molar refractivity (Wildman–Crippen MR) is 140 cm³/mol. The molecule has 4 aromatic rings. The summed E-state index contributed by atoms with van der Waals surface area (Å²) >= 11 is 1.59. The molecule has 0 spiro atoms. The summed E-state index contributed by atoms with van der Waals surface area (Å²) in [6, 6.07) is 23.2. The number of thioether (sulfide) groups is 1. The third kappa shape index (κ3) is 6.22. The Morgan fingerprint density at radius 3 is 2.51 bits per heavy atom. The molecule has 0 aliphatic heterocycles. The van der Waals surface area contributed by atoms with Crippen LogP contribution in [0.5, 0.6) is 5.75 Å². The maximum absolute atomic E-state index is 12.7. The lowest BCUT2D eigenvalue weighted by atomic mass is 10.2. The Hall–Kier alpha value is -3.78. The summed E-state index contributed by atoms with van der Waals surface area (Å²) in [5.41, 5.74) is 5.05. The quantitative estimate of drug-likeness (QED) is 0.295. The number of anilines is 1. The molecule has 0 bridgehead atoms. The van der Waals surface area contributed by atoms with Crippen molar-refractivity contribution < 1.29 is 9.53 Å². The van der Waals surface area contributed by atoms with Gasteiger partial charge in [-0.25, -0.2) is 4.79 Å². The van der Waals surface area contributed by atoms with Crippen molar-refractivity contribution in [2.24, 2.45) is 0 Å². The smallest absolute Gasteiger partial charge is 0.319 e. The number of aryl methyl sites for hydroxylation is 2.